The van der Waals surface area contributed by atoms with Crippen LogP contribution in [0.25, 0.3) is 0 Å². The van der Waals surface area contributed by atoms with E-state index in [1.807, 2.05) is 6.07 Å². The molecule has 1 aromatic heterocycles. The molecular formula is C20H15N5O2. The van der Waals surface area contributed by atoms with Crippen molar-refractivity contribution in [3.05, 3.63) is 77.7 Å². The van der Waals surface area contributed by atoms with Crippen LogP contribution < -0.4 is 10.6 Å². The number of ketones is 1. The van der Waals surface area contributed by atoms with E-state index < -0.39 is 5.91 Å². The Morgan fingerprint density at radius 3 is 2.41 bits per heavy atom. The lowest BCUT2D eigenvalue weighted by atomic mass is 10.1. The summed E-state index contributed by atoms with van der Waals surface area (Å²) in [7, 11) is 0. The third kappa shape index (κ3) is 4.52. The molecule has 2 N–H and O–H groups in total. The Morgan fingerprint density at radius 1 is 1.00 bits per heavy atom. The third-order valence-corrected chi connectivity index (χ3v) is 3.70. The molecule has 3 rings (SSSR count). The molecule has 0 aliphatic rings. The van der Waals surface area contributed by atoms with E-state index in [9.17, 15) is 9.59 Å². The second-order valence-electron chi connectivity index (χ2n) is 5.69. The van der Waals surface area contributed by atoms with Gasteiger partial charge in [-0.25, -0.2) is 9.97 Å². The predicted octanol–water partition coefficient (Wildman–Crippen LogP) is 3.55. The minimum absolute atomic E-state index is 0.00277. The quantitative estimate of drug-likeness (QED) is 0.676. The van der Waals surface area contributed by atoms with Crippen molar-refractivity contribution in [3.63, 3.8) is 0 Å². The van der Waals surface area contributed by atoms with Gasteiger partial charge in [0.2, 0.25) is 0 Å². The SMILES string of the molecule is CC(=O)c1ccc(Nc2cnc(C(=O)Nc3cccc(C#N)c3)cn2)cc1. The number of carbonyl (C=O) groups excluding carboxylic acids is 2. The minimum Gasteiger partial charge on any atom is -0.339 e. The van der Waals surface area contributed by atoms with Crippen molar-refractivity contribution in [3.8, 4) is 6.07 Å². The molecule has 3 aromatic rings. The van der Waals surface area contributed by atoms with E-state index >= 15 is 0 Å². The number of benzene rings is 2. The first-order chi connectivity index (χ1) is 13.0. The molecular weight excluding hydrogens is 342 g/mol. The normalized spacial score (nSPS) is 9.93. The molecule has 7 nitrogen and oxygen atoms in total. The number of aromatic nitrogens is 2. The standard InChI is InChI=1S/C20H15N5O2/c1-13(26)15-5-7-16(8-6-15)24-19-12-22-18(11-23-19)20(27)25-17-4-2-3-14(9-17)10-21/h2-9,11-12H,1H3,(H,23,24)(H,25,27). The number of Topliss-reactive ketones (excluding diaryl/α,β-unsaturated/α-hetero) is 1. The summed E-state index contributed by atoms with van der Waals surface area (Å²) in [5.41, 5.74) is 2.48. The molecule has 27 heavy (non-hydrogen) atoms. The average Bonchev–Trinajstić information content (AvgIpc) is 2.69. The van der Waals surface area contributed by atoms with Crippen LogP contribution in [0.3, 0.4) is 0 Å². The van der Waals surface area contributed by atoms with E-state index in [4.69, 9.17) is 5.26 Å². The van der Waals surface area contributed by atoms with E-state index in [1.165, 1.54) is 19.3 Å². The van der Waals surface area contributed by atoms with Gasteiger partial charge in [0.05, 0.1) is 24.0 Å². The second kappa shape index (κ2) is 7.89. The van der Waals surface area contributed by atoms with E-state index in [-0.39, 0.29) is 11.5 Å². The van der Waals surface area contributed by atoms with Crippen molar-refractivity contribution in [2.75, 3.05) is 10.6 Å². The first kappa shape index (κ1) is 17.8. The summed E-state index contributed by atoms with van der Waals surface area (Å²) in [6.45, 7) is 1.51. The number of amides is 1. The van der Waals surface area contributed by atoms with Crippen molar-refractivity contribution < 1.29 is 9.59 Å². The van der Waals surface area contributed by atoms with Gasteiger partial charge in [0.1, 0.15) is 11.5 Å². The molecule has 0 saturated carbocycles. The van der Waals surface area contributed by atoms with Crippen LogP contribution in [0.1, 0.15) is 33.3 Å². The van der Waals surface area contributed by atoms with Crippen LogP contribution in [0.4, 0.5) is 17.2 Å². The minimum atomic E-state index is -0.421. The number of nitrogens with one attached hydrogen (secondary N) is 2. The van der Waals surface area contributed by atoms with Crippen molar-refractivity contribution in [2.45, 2.75) is 6.92 Å². The van der Waals surface area contributed by atoms with Gasteiger partial charge in [0, 0.05) is 16.9 Å². The van der Waals surface area contributed by atoms with E-state index in [0.717, 1.165) is 5.69 Å². The molecule has 0 unspecified atom stereocenters. The lowest BCUT2D eigenvalue weighted by Crippen LogP contribution is -2.14. The number of carbonyl (C=O) groups is 2. The number of anilines is 3. The van der Waals surface area contributed by atoms with Gasteiger partial charge in [-0.15, -0.1) is 0 Å². The first-order valence-electron chi connectivity index (χ1n) is 8.07. The number of hydrogen-bond acceptors (Lipinski definition) is 6. The van der Waals surface area contributed by atoms with Gasteiger partial charge >= 0.3 is 0 Å². The fourth-order valence-electron chi connectivity index (χ4n) is 2.31. The van der Waals surface area contributed by atoms with Gasteiger partial charge in [0.15, 0.2) is 5.78 Å². The van der Waals surface area contributed by atoms with Crippen LogP contribution in [0, 0.1) is 11.3 Å². The van der Waals surface area contributed by atoms with Gasteiger partial charge in [-0.3, -0.25) is 9.59 Å². The molecule has 0 aliphatic heterocycles. The van der Waals surface area contributed by atoms with Crippen LogP contribution in [-0.2, 0) is 0 Å². The van der Waals surface area contributed by atoms with E-state index in [2.05, 4.69) is 20.6 Å². The topological polar surface area (TPSA) is 108 Å². The lowest BCUT2D eigenvalue weighted by molar-refractivity contribution is 0.101. The number of nitriles is 1. The lowest BCUT2D eigenvalue weighted by Gasteiger charge is -2.07. The van der Waals surface area contributed by atoms with E-state index in [0.29, 0.717) is 22.6 Å². The summed E-state index contributed by atoms with van der Waals surface area (Å²) < 4.78 is 0. The highest BCUT2D eigenvalue weighted by molar-refractivity contribution is 6.02. The van der Waals surface area contributed by atoms with Gasteiger partial charge < -0.3 is 10.6 Å². The third-order valence-electron chi connectivity index (χ3n) is 3.70. The number of nitrogens with zero attached hydrogens (tertiary/aromatic N) is 3. The van der Waals surface area contributed by atoms with Crippen LogP contribution >= 0.6 is 0 Å². The molecule has 2 aromatic carbocycles. The van der Waals surface area contributed by atoms with Gasteiger partial charge in [-0.2, -0.15) is 5.26 Å². The second-order valence-corrected chi connectivity index (χ2v) is 5.69. The maximum absolute atomic E-state index is 12.2. The smallest absolute Gasteiger partial charge is 0.275 e. The Balaban J connectivity index is 1.66. The zero-order valence-electron chi connectivity index (χ0n) is 14.4. The largest absolute Gasteiger partial charge is 0.339 e. The fourth-order valence-corrected chi connectivity index (χ4v) is 2.31. The summed E-state index contributed by atoms with van der Waals surface area (Å²) in [5.74, 6) is 0.0422. The molecule has 0 radical (unpaired) electrons. The Bertz CT molecular complexity index is 1020. The number of hydrogen-bond donors (Lipinski definition) is 2. The van der Waals surface area contributed by atoms with E-state index in [1.54, 1.807) is 48.5 Å². The molecule has 0 fully saturated rings. The molecule has 0 atom stereocenters. The zero-order chi connectivity index (χ0) is 19.2. The number of rotatable bonds is 5. The molecule has 0 bridgehead atoms. The molecule has 0 aliphatic carbocycles. The van der Waals surface area contributed by atoms with Crippen LogP contribution in [0.15, 0.2) is 60.9 Å². The Morgan fingerprint density at radius 2 is 1.78 bits per heavy atom. The summed E-state index contributed by atoms with van der Waals surface area (Å²) >= 11 is 0. The summed E-state index contributed by atoms with van der Waals surface area (Å²) in [4.78, 5) is 31.8. The zero-order valence-corrected chi connectivity index (χ0v) is 14.4. The maximum Gasteiger partial charge on any atom is 0.275 e. The van der Waals surface area contributed by atoms with Crippen molar-refractivity contribution in [1.29, 1.82) is 5.26 Å². The highest BCUT2D eigenvalue weighted by Crippen LogP contribution is 2.16. The molecule has 132 valence electrons. The molecule has 0 spiro atoms. The molecule has 0 saturated heterocycles. The summed E-state index contributed by atoms with van der Waals surface area (Å²) in [6.07, 6.45) is 2.80. The first-order valence-corrected chi connectivity index (χ1v) is 8.07. The molecule has 1 amide bonds. The van der Waals surface area contributed by atoms with Crippen molar-refractivity contribution in [2.24, 2.45) is 0 Å². The maximum atomic E-state index is 12.2. The van der Waals surface area contributed by atoms with Gasteiger partial charge in [0.25, 0.3) is 5.91 Å². The Kier molecular flexibility index (Phi) is 5.19. The average molecular weight is 357 g/mol. The highest BCUT2D eigenvalue weighted by atomic mass is 16.2. The Labute approximate surface area is 155 Å². The van der Waals surface area contributed by atoms with Crippen LogP contribution in [-0.4, -0.2) is 21.7 Å². The van der Waals surface area contributed by atoms with Gasteiger partial charge in [-0.05, 0) is 49.4 Å². The van der Waals surface area contributed by atoms with Crippen LogP contribution in [0.2, 0.25) is 0 Å². The Hall–Kier alpha value is -4.05. The highest BCUT2D eigenvalue weighted by Gasteiger charge is 2.09. The monoisotopic (exact) mass is 357 g/mol. The molecule has 7 heteroatoms. The summed E-state index contributed by atoms with van der Waals surface area (Å²) in [6, 6.07) is 15.6. The van der Waals surface area contributed by atoms with Gasteiger partial charge in [-0.1, -0.05) is 6.07 Å². The summed E-state index contributed by atoms with van der Waals surface area (Å²) in [5, 5.41) is 14.6. The fraction of sp³-hybridized carbons (Fsp3) is 0.0500. The van der Waals surface area contributed by atoms with Crippen LogP contribution in [0.5, 0.6) is 0 Å². The van der Waals surface area contributed by atoms with Crippen molar-refractivity contribution >= 4 is 28.9 Å². The molecule has 1 heterocycles. The van der Waals surface area contributed by atoms with Crippen molar-refractivity contribution in [1.82, 2.24) is 9.97 Å². The predicted molar refractivity (Wildman–Crippen MR) is 101 cm³/mol.